The van der Waals surface area contributed by atoms with Gasteiger partial charge in [0.1, 0.15) is 23.2 Å². The van der Waals surface area contributed by atoms with Crippen LogP contribution in [0, 0.1) is 30.5 Å². The Hall–Kier alpha value is -3.36. The molecule has 1 aromatic heterocycles. The van der Waals surface area contributed by atoms with Gasteiger partial charge in [0.05, 0.1) is 17.7 Å². The maximum atomic E-state index is 14.3. The third-order valence-electron chi connectivity index (χ3n) is 8.23. The fourth-order valence-electron chi connectivity index (χ4n) is 6.19. The summed E-state index contributed by atoms with van der Waals surface area (Å²) < 4.78 is 19.9. The predicted octanol–water partition coefficient (Wildman–Crippen LogP) is 5.60. The highest BCUT2D eigenvalue weighted by Gasteiger charge is 2.49. The highest BCUT2D eigenvalue weighted by atomic mass is 19.1. The van der Waals surface area contributed by atoms with E-state index < -0.39 is 23.6 Å². The number of aliphatic imine (C=N–C) groups is 1. The van der Waals surface area contributed by atoms with Gasteiger partial charge in [0.25, 0.3) is 0 Å². The van der Waals surface area contributed by atoms with Gasteiger partial charge in [-0.15, -0.1) is 0 Å². The predicted molar refractivity (Wildman–Crippen MR) is 148 cm³/mol. The number of ketones is 1. The van der Waals surface area contributed by atoms with E-state index in [2.05, 4.69) is 10.6 Å². The van der Waals surface area contributed by atoms with Crippen LogP contribution in [-0.2, 0) is 10.5 Å². The molecule has 2 aliphatic rings. The highest BCUT2D eigenvalue weighted by Crippen LogP contribution is 2.43. The number of rotatable bonds is 8. The molecule has 0 amide bonds. The van der Waals surface area contributed by atoms with Gasteiger partial charge in [-0.25, -0.2) is 9.38 Å². The first-order valence-electron chi connectivity index (χ1n) is 13.8. The van der Waals surface area contributed by atoms with E-state index >= 15 is 0 Å². The third-order valence-corrected chi connectivity index (χ3v) is 8.23. The van der Waals surface area contributed by atoms with Gasteiger partial charge in [0, 0.05) is 30.0 Å². The molecule has 3 aromatic rings. The molecule has 1 aliphatic heterocycles. The standard InChI is InChI=1S/C31H37FN4O3/c1-6-36-31(5,21-13-11-20(12-14-21)23-9-7-8-10-26(23)32)33-30(34-36)25-17-22(37)16-24(25)29(38)28(18(2)3)27-15-19(4)35-39-27/h7-15,18,22,24-25,28,37H,6,16-17H2,1-5H3,(H,33,34)/t22-,24?,25+,28?,31+/m0/s1. The first-order chi connectivity index (χ1) is 18.6. The zero-order valence-corrected chi connectivity index (χ0v) is 23.2. The molecule has 1 saturated carbocycles. The number of benzene rings is 2. The van der Waals surface area contributed by atoms with Crippen molar-refractivity contribution in [2.75, 3.05) is 6.54 Å². The number of aliphatic hydroxyl groups is 1. The largest absolute Gasteiger partial charge is 0.393 e. The fraction of sp³-hybridized carbons (Fsp3) is 0.452. The lowest BCUT2D eigenvalue weighted by Gasteiger charge is -2.32. The highest BCUT2D eigenvalue weighted by molar-refractivity contribution is 5.95. The molecule has 1 aliphatic carbocycles. The van der Waals surface area contributed by atoms with E-state index in [-0.39, 0.29) is 23.4 Å². The number of aryl methyl sites for hydroxylation is 1. The molecule has 7 nitrogen and oxygen atoms in total. The molecular formula is C31H37FN4O3. The van der Waals surface area contributed by atoms with E-state index in [4.69, 9.17) is 9.52 Å². The SMILES string of the molecule is CCN1NC([C@@H]2C[C@@H](O)CC2C(=O)C(c2cc(C)no2)C(C)C)=N[C@@]1(C)c1ccc(-c2ccccc2F)cc1. The van der Waals surface area contributed by atoms with E-state index in [1.54, 1.807) is 12.1 Å². The van der Waals surface area contributed by atoms with Crippen LogP contribution in [0.3, 0.4) is 0 Å². The summed E-state index contributed by atoms with van der Waals surface area (Å²) in [7, 11) is 0. The molecule has 0 bridgehead atoms. The van der Waals surface area contributed by atoms with Gasteiger partial charge in [0.15, 0.2) is 5.66 Å². The Morgan fingerprint density at radius 3 is 2.54 bits per heavy atom. The molecule has 5 atom stereocenters. The van der Waals surface area contributed by atoms with Crippen LogP contribution in [0.2, 0.25) is 0 Å². The first-order valence-corrected chi connectivity index (χ1v) is 13.8. The molecule has 2 heterocycles. The van der Waals surface area contributed by atoms with Crippen molar-refractivity contribution in [3.05, 3.63) is 77.4 Å². The van der Waals surface area contributed by atoms with Crippen LogP contribution in [0.1, 0.15) is 63.5 Å². The maximum absolute atomic E-state index is 14.3. The number of aliphatic hydroxyl groups excluding tert-OH is 1. The number of Topliss-reactive ketones (excluding diaryl/α,β-unsaturated/α-hetero) is 1. The number of hydrogen-bond acceptors (Lipinski definition) is 7. The van der Waals surface area contributed by atoms with Gasteiger partial charge >= 0.3 is 0 Å². The number of carbonyl (C=O) groups is 1. The Labute approximate surface area is 229 Å². The number of hydrogen-bond donors (Lipinski definition) is 2. The van der Waals surface area contributed by atoms with E-state index in [1.165, 1.54) is 6.07 Å². The Bertz CT molecular complexity index is 1370. The average molecular weight is 533 g/mol. The molecule has 0 spiro atoms. The molecular weight excluding hydrogens is 495 g/mol. The molecule has 2 unspecified atom stereocenters. The van der Waals surface area contributed by atoms with Crippen LogP contribution >= 0.6 is 0 Å². The van der Waals surface area contributed by atoms with Gasteiger partial charge in [0.2, 0.25) is 0 Å². The molecule has 8 heteroatoms. The van der Waals surface area contributed by atoms with Crippen molar-refractivity contribution in [2.45, 2.75) is 65.1 Å². The average Bonchev–Trinajstić information content (AvgIpc) is 3.61. The molecule has 0 saturated heterocycles. The van der Waals surface area contributed by atoms with Crippen molar-refractivity contribution in [1.82, 2.24) is 15.6 Å². The summed E-state index contributed by atoms with van der Waals surface area (Å²) in [6.07, 6.45) is 0.267. The number of nitrogens with one attached hydrogen (secondary N) is 1. The molecule has 5 rings (SSSR count). The van der Waals surface area contributed by atoms with Crippen LogP contribution < -0.4 is 5.43 Å². The van der Waals surface area contributed by atoms with Crippen LogP contribution in [0.4, 0.5) is 4.39 Å². The van der Waals surface area contributed by atoms with Crippen molar-refractivity contribution < 1.29 is 18.8 Å². The number of halogens is 1. The number of aromatic nitrogens is 1. The lowest BCUT2D eigenvalue weighted by molar-refractivity contribution is -0.126. The van der Waals surface area contributed by atoms with E-state index in [0.29, 0.717) is 36.5 Å². The van der Waals surface area contributed by atoms with Gasteiger partial charge in [-0.05, 0) is 49.8 Å². The fourth-order valence-corrected chi connectivity index (χ4v) is 6.19. The summed E-state index contributed by atoms with van der Waals surface area (Å²) >= 11 is 0. The smallest absolute Gasteiger partial charge is 0.154 e. The third kappa shape index (κ3) is 5.03. The monoisotopic (exact) mass is 532 g/mol. The van der Waals surface area contributed by atoms with Crippen LogP contribution in [0.25, 0.3) is 11.1 Å². The molecule has 39 heavy (non-hydrogen) atoms. The summed E-state index contributed by atoms with van der Waals surface area (Å²) in [5.74, 6) is 0.0217. The van der Waals surface area contributed by atoms with Gasteiger partial charge in [-0.2, -0.15) is 5.01 Å². The Kier molecular flexibility index (Phi) is 7.44. The second-order valence-electron chi connectivity index (χ2n) is 11.3. The van der Waals surface area contributed by atoms with Crippen molar-refractivity contribution in [1.29, 1.82) is 0 Å². The van der Waals surface area contributed by atoms with E-state index in [1.807, 2.05) is 76.0 Å². The second-order valence-corrected chi connectivity index (χ2v) is 11.3. The number of nitrogens with zero attached hydrogens (tertiary/aromatic N) is 3. The molecule has 1 fully saturated rings. The van der Waals surface area contributed by atoms with Gasteiger partial charge in [-0.3, -0.25) is 4.79 Å². The van der Waals surface area contributed by atoms with Crippen molar-refractivity contribution in [3.63, 3.8) is 0 Å². The lowest BCUT2D eigenvalue weighted by atomic mass is 9.79. The molecule has 206 valence electrons. The van der Waals surface area contributed by atoms with Gasteiger partial charge < -0.3 is 15.1 Å². The molecule has 2 aromatic carbocycles. The summed E-state index contributed by atoms with van der Waals surface area (Å²) in [4.78, 5) is 19.1. The zero-order valence-electron chi connectivity index (χ0n) is 23.2. The summed E-state index contributed by atoms with van der Waals surface area (Å²) in [5, 5.41) is 16.7. The minimum absolute atomic E-state index is 0.0205. The number of amidine groups is 1. The maximum Gasteiger partial charge on any atom is 0.154 e. The quantitative estimate of drug-likeness (QED) is 0.393. The van der Waals surface area contributed by atoms with Crippen molar-refractivity contribution in [3.8, 4) is 11.1 Å². The summed E-state index contributed by atoms with van der Waals surface area (Å²) in [5.41, 5.74) is 5.78. The van der Waals surface area contributed by atoms with Crippen LogP contribution in [-0.4, -0.2) is 39.5 Å². The molecule has 0 radical (unpaired) electrons. The van der Waals surface area contributed by atoms with E-state index in [9.17, 15) is 14.3 Å². The van der Waals surface area contributed by atoms with Crippen molar-refractivity contribution in [2.24, 2.45) is 22.7 Å². The Balaban J connectivity index is 1.45. The van der Waals surface area contributed by atoms with Crippen LogP contribution in [0.5, 0.6) is 0 Å². The van der Waals surface area contributed by atoms with Crippen molar-refractivity contribution >= 4 is 11.6 Å². The normalized spacial score (nSPS) is 26.1. The van der Waals surface area contributed by atoms with Gasteiger partial charge in [-0.1, -0.05) is 68.4 Å². The number of carbonyl (C=O) groups excluding carboxylic acids is 1. The Morgan fingerprint density at radius 1 is 1.21 bits per heavy atom. The van der Waals surface area contributed by atoms with E-state index in [0.717, 1.165) is 16.8 Å². The summed E-state index contributed by atoms with van der Waals surface area (Å²) in [6, 6.07) is 16.4. The minimum atomic E-state index is -0.724. The van der Waals surface area contributed by atoms with Crippen LogP contribution in [0.15, 0.2) is 64.1 Å². The lowest BCUT2D eigenvalue weighted by Crippen LogP contribution is -2.47. The minimum Gasteiger partial charge on any atom is -0.393 e. The Morgan fingerprint density at radius 2 is 1.92 bits per heavy atom. The first kappa shape index (κ1) is 27.2. The molecule has 2 N–H and O–H groups in total. The zero-order chi connectivity index (χ0) is 27.9. The second kappa shape index (κ2) is 10.7. The number of hydrazine groups is 1. The summed E-state index contributed by atoms with van der Waals surface area (Å²) in [6.45, 7) is 10.6. The topological polar surface area (TPSA) is 91.0 Å².